The minimum absolute atomic E-state index is 0.0313. The number of carbonyl (C=O) groups is 1. The Balaban J connectivity index is 1.74. The third kappa shape index (κ3) is 1.37. The van der Waals surface area contributed by atoms with Crippen molar-refractivity contribution < 1.29 is 19.0 Å². The predicted octanol–water partition coefficient (Wildman–Crippen LogP) is 3.60. The maximum atomic E-state index is 12.4. The molecule has 5 aliphatic carbocycles. The minimum Gasteiger partial charge on any atom is -0.493 e. The fourth-order valence-electron chi connectivity index (χ4n) is 7.89. The van der Waals surface area contributed by atoms with Gasteiger partial charge in [0.2, 0.25) is 0 Å². The van der Waals surface area contributed by atoms with Crippen LogP contribution in [0.1, 0.15) is 43.7 Å². The first-order chi connectivity index (χ1) is 13.0. The zero-order valence-electron chi connectivity index (χ0n) is 16.2. The number of ether oxygens (including phenoxy) is 3. The van der Waals surface area contributed by atoms with E-state index in [0.717, 1.165) is 37.0 Å². The molecule has 4 heteroatoms. The van der Waals surface area contributed by atoms with Gasteiger partial charge in [-0.05, 0) is 50.2 Å². The third-order valence-corrected chi connectivity index (χ3v) is 8.87. The van der Waals surface area contributed by atoms with Crippen LogP contribution in [0.15, 0.2) is 24.3 Å². The number of allylic oxidation sites excluding steroid dienone is 1. The van der Waals surface area contributed by atoms with Crippen molar-refractivity contribution in [3.05, 3.63) is 35.4 Å². The lowest BCUT2D eigenvalue weighted by molar-refractivity contribution is -0.232. The highest BCUT2D eigenvalue weighted by atomic mass is 16.6. The molecule has 6 aliphatic rings. The van der Waals surface area contributed by atoms with Gasteiger partial charge in [-0.3, -0.25) is 0 Å². The molecule has 4 nitrogen and oxygen atoms in total. The van der Waals surface area contributed by atoms with E-state index in [-0.39, 0.29) is 16.9 Å². The Bertz CT molecular complexity index is 906. The normalized spacial score (nSPS) is 47.4. The van der Waals surface area contributed by atoms with Crippen molar-refractivity contribution in [2.24, 2.45) is 16.7 Å². The predicted molar refractivity (Wildman–Crippen MR) is 100 cm³/mol. The lowest BCUT2D eigenvalue weighted by atomic mass is 9.32. The smallest absolute Gasteiger partial charge is 0.166 e. The third-order valence-electron chi connectivity index (χ3n) is 8.87. The maximum absolute atomic E-state index is 12.4. The molecule has 1 heterocycles. The highest BCUT2D eigenvalue weighted by Crippen LogP contribution is 2.78. The highest BCUT2D eigenvalue weighted by Gasteiger charge is 2.80. The minimum atomic E-state index is -0.739. The van der Waals surface area contributed by atoms with Crippen molar-refractivity contribution in [3.8, 4) is 11.5 Å². The second-order valence-corrected chi connectivity index (χ2v) is 9.48. The van der Waals surface area contributed by atoms with Gasteiger partial charge in [-0.25, -0.2) is 0 Å². The number of hydrogen-bond donors (Lipinski definition) is 0. The van der Waals surface area contributed by atoms with Crippen LogP contribution in [0.25, 0.3) is 0 Å². The van der Waals surface area contributed by atoms with Gasteiger partial charge in [-0.15, -0.1) is 0 Å². The molecule has 1 aliphatic heterocycles. The van der Waals surface area contributed by atoms with Gasteiger partial charge in [0.15, 0.2) is 11.5 Å². The number of hydrogen-bond acceptors (Lipinski definition) is 4. The SMILES string of the molecule is COc1ccc2c3c1O[C@H]1[C@@]4(OC)C=C[C@@]5(C[C@@]4(C)C=O)[C@H](CCC[C@]315)C2. The van der Waals surface area contributed by atoms with Crippen molar-refractivity contribution in [1.82, 2.24) is 0 Å². The van der Waals surface area contributed by atoms with Crippen LogP contribution in [0.5, 0.6) is 11.5 Å². The summed E-state index contributed by atoms with van der Waals surface area (Å²) in [6.07, 6.45) is 10.9. The average Bonchev–Trinajstić information content (AvgIpc) is 3.03. The Morgan fingerprint density at radius 2 is 2.11 bits per heavy atom. The second-order valence-electron chi connectivity index (χ2n) is 9.48. The molecule has 1 aromatic rings. The molecule has 2 saturated carbocycles. The molecule has 27 heavy (non-hydrogen) atoms. The first kappa shape index (κ1) is 16.2. The topological polar surface area (TPSA) is 44.8 Å². The number of fused-ring (bicyclic) bond motifs is 1. The molecule has 0 radical (unpaired) electrons. The van der Waals surface area contributed by atoms with E-state index in [4.69, 9.17) is 14.2 Å². The molecule has 0 aromatic heterocycles. The molecule has 4 bridgehead atoms. The van der Waals surface area contributed by atoms with E-state index in [1.165, 1.54) is 24.0 Å². The number of carbonyl (C=O) groups excluding carboxylic acids is 1. The molecule has 7 rings (SSSR count). The number of benzene rings is 1. The van der Waals surface area contributed by atoms with E-state index in [0.29, 0.717) is 5.92 Å². The van der Waals surface area contributed by atoms with Crippen LogP contribution in [-0.4, -0.2) is 32.2 Å². The van der Waals surface area contributed by atoms with Crippen LogP contribution in [-0.2, 0) is 21.4 Å². The Hall–Kier alpha value is -1.81. The quantitative estimate of drug-likeness (QED) is 0.606. The summed E-state index contributed by atoms with van der Waals surface area (Å²) in [6.45, 7) is 2.07. The van der Waals surface area contributed by atoms with Crippen molar-refractivity contribution in [2.75, 3.05) is 14.2 Å². The Morgan fingerprint density at radius 1 is 1.26 bits per heavy atom. The van der Waals surface area contributed by atoms with Gasteiger partial charge in [0.25, 0.3) is 0 Å². The molecular weight excluding hydrogens is 340 g/mol. The van der Waals surface area contributed by atoms with Crippen molar-refractivity contribution in [3.63, 3.8) is 0 Å². The summed E-state index contributed by atoms with van der Waals surface area (Å²) >= 11 is 0. The summed E-state index contributed by atoms with van der Waals surface area (Å²) in [4.78, 5) is 12.4. The van der Waals surface area contributed by atoms with Gasteiger partial charge in [0, 0.05) is 23.5 Å². The lowest BCUT2D eigenvalue weighted by Gasteiger charge is -2.71. The van der Waals surface area contributed by atoms with Crippen LogP contribution in [0.4, 0.5) is 0 Å². The lowest BCUT2D eigenvalue weighted by Crippen LogP contribution is -2.78. The number of aldehydes is 1. The zero-order valence-corrected chi connectivity index (χ0v) is 16.2. The molecule has 0 saturated heterocycles. The summed E-state index contributed by atoms with van der Waals surface area (Å²) in [5.74, 6) is 2.25. The van der Waals surface area contributed by atoms with Gasteiger partial charge in [0.1, 0.15) is 18.0 Å². The molecule has 0 amide bonds. The van der Waals surface area contributed by atoms with E-state index in [1.807, 2.05) is 6.07 Å². The highest BCUT2D eigenvalue weighted by molar-refractivity contribution is 5.71. The second kappa shape index (κ2) is 4.60. The summed E-state index contributed by atoms with van der Waals surface area (Å²) in [5.41, 5.74) is 1.28. The van der Waals surface area contributed by atoms with Gasteiger partial charge < -0.3 is 19.0 Å². The molecule has 0 N–H and O–H groups in total. The largest absolute Gasteiger partial charge is 0.493 e. The molecule has 2 fully saturated rings. The van der Waals surface area contributed by atoms with Crippen molar-refractivity contribution in [1.29, 1.82) is 0 Å². The monoisotopic (exact) mass is 366 g/mol. The molecule has 142 valence electrons. The zero-order chi connectivity index (χ0) is 18.7. The Labute approximate surface area is 159 Å². The fraction of sp³-hybridized carbons (Fsp3) is 0.609. The summed E-state index contributed by atoms with van der Waals surface area (Å²) in [7, 11) is 3.44. The van der Waals surface area contributed by atoms with E-state index in [2.05, 4.69) is 25.1 Å². The summed E-state index contributed by atoms with van der Waals surface area (Å²) < 4.78 is 18.7. The first-order valence-electron chi connectivity index (χ1n) is 10.1. The van der Waals surface area contributed by atoms with E-state index in [9.17, 15) is 4.79 Å². The average molecular weight is 366 g/mol. The van der Waals surface area contributed by atoms with Crippen LogP contribution >= 0.6 is 0 Å². The van der Waals surface area contributed by atoms with Gasteiger partial charge in [0.05, 0.1) is 12.5 Å². The van der Waals surface area contributed by atoms with E-state index >= 15 is 0 Å². The Kier molecular flexibility index (Phi) is 2.75. The summed E-state index contributed by atoms with van der Waals surface area (Å²) in [6, 6.07) is 4.28. The summed E-state index contributed by atoms with van der Waals surface area (Å²) in [5, 5.41) is 0. The van der Waals surface area contributed by atoms with Crippen LogP contribution in [0.3, 0.4) is 0 Å². The van der Waals surface area contributed by atoms with Gasteiger partial charge in [-0.2, -0.15) is 0 Å². The number of methoxy groups -OCH3 is 2. The van der Waals surface area contributed by atoms with E-state index < -0.39 is 11.0 Å². The van der Waals surface area contributed by atoms with Crippen LogP contribution in [0, 0.1) is 16.7 Å². The standard InChI is InChI=1S/C23H26O4/c1-20(13-24)12-21-9-10-23(20,26-3)19-22(21)8-4-5-15(21)11-14-6-7-16(25-2)18(27-19)17(14)22/h6-7,9-10,13,15,19H,4-5,8,11-12H2,1-3H3/t15-,19-,20+,21-,22+,23+/m1/s1. The van der Waals surface area contributed by atoms with Crippen LogP contribution in [0.2, 0.25) is 0 Å². The molecular formula is C23H26O4. The van der Waals surface area contributed by atoms with Crippen molar-refractivity contribution >= 4 is 6.29 Å². The van der Waals surface area contributed by atoms with Crippen LogP contribution < -0.4 is 9.47 Å². The van der Waals surface area contributed by atoms with E-state index in [1.54, 1.807) is 14.2 Å². The molecule has 0 unspecified atom stereocenters. The Morgan fingerprint density at radius 3 is 2.85 bits per heavy atom. The molecule has 6 atom stereocenters. The number of rotatable bonds is 3. The van der Waals surface area contributed by atoms with Crippen molar-refractivity contribution in [2.45, 2.75) is 56.1 Å². The molecule has 2 spiro atoms. The fourth-order valence-corrected chi connectivity index (χ4v) is 7.89. The van der Waals surface area contributed by atoms with Gasteiger partial charge in [-0.1, -0.05) is 24.6 Å². The molecule has 1 aromatic carbocycles. The maximum Gasteiger partial charge on any atom is 0.166 e. The first-order valence-corrected chi connectivity index (χ1v) is 10.1. The van der Waals surface area contributed by atoms with Gasteiger partial charge >= 0.3 is 0 Å².